The molecule has 2 aromatic carbocycles. The highest BCUT2D eigenvalue weighted by Crippen LogP contribution is 2.35. The Kier molecular flexibility index (Phi) is 7.38. The molecule has 0 fully saturated rings. The van der Waals surface area contributed by atoms with E-state index >= 15 is 0 Å². The summed E-state index contributed by atoms with van der Waals surface area (Å²) in [4.78, 5) is 1.86. The van der Waals surface area contributed by atoms with E-state index < -0.39 is 11.6 Å². The zero-order valence-corrected chi connectivity index (χ0v) is 17.5. The zero-order chi connectivity index (χ0) is 19.9. The van der Waals surface area contributed by atoms with Gasteiger partial charge in [0.05, 0.1) is 5.56 Å². The molecule has 0 N–H and O–H groups in total. The first kappa shape index (κ1) is 20.7. The van der Waals surface area contributed by atoms with Crippen LogP contribution in [0.4, 0.5) is 8.78 Å². The first-order chi connectivity index (χ1) is 13.6. The highest BCUT2D eigenvalue weighted by atomic mass is 32.1. The Morgan fingerprint density at radius 2 is 1.39 bits per heavy atom. The second-order valence-electron chi connectivity index (χ2n) is 7.34. The van der Waals surface area contributed by atoms with Crippen molar-refractivity contribution in [2.45, 2.75) is 58.8 Å². The lowest BCUT2D eigenvalue weighted by atomic mass is 9.99. The third kappa shape index (κ3) is 5.08. The van der Waals surface area contributed by atoms with E-state index in [4.69, 9.17) is 0 Å². The van der Waals surface area contributed by atoms with Gasteiger partial charge in [0.2, 0.25) is 0 Å². The quantitative estimate of drug-likeness (QED) is 0.317. The van der Waals surface area contributed by atoms with E-state index in [1.165, 1.54) is 46.8 Å². The molecule has 1 heterocycles. The van der Waals surface area contributed by atoms with Crippen LogP contribution in [0, 0.1) is 11.6 Å². The molecule has 0 unspecified atom stereocenters. The van der Waals surface area contributed by atoms with Crippen molar-refractivity contribution in [2.24, 2.45) is 0 Å². The molecule has 0 spiro atoms. The molecule has 0 aliphatic rings. The molecule has 0 amide bonds. The maximum absolute atomic E-state index is 14.8. The van der Waals surface area contributed by atoms with Crippen LogP contribution in [-0.2, 0) is 12.8 Å². The lowest BCUT2D eigenvalue weighted by Crippen LogP contribution is -1.91. The van der Waals surface area contributed by atoms with Crippen LogP contribution in [0.1, 0.15) is 56.4 Å². The SMILES string of the molecule is CCCCCc1ccc(-c2c(F)cc(-c3ccc(CCCC)cc3)cc2F)s1. The predicted molar refractivity (Wildman–Crippen MR) is 117 cm³/mol. The standard InChI is InChI=1S/C25H28F2S/c1-3-5-7-9-21-14-15-24(28-21)25-22(26)16-20(17-23(25)27)19-12-10-18(11-13-19)8-6-4-2/h10-17H,3-9H2,1-2H3. The van der Waals surface area contributed by atoms with Gasteiger partial charge in [-0.2, -0.15) is 0 Å². The van der Waals surface area contributed by atoms with Gasteiger partial charge in [-0.15, -0.1) is 11.3 Å². The fraction of sp³-hybridized carbons (Fsp3) is 0.360. The molecular weight excluding hydrogens is 370 g/mol. The van der Waals surface area contributed by atoms with Crippen LogP contribution < -0.4 is 0 Å². The molecule has 3 aromatic rings. The minimum atomic E-state index is -0.494. The third-order valence-corrected chi connectivity index (χ3v) is 6.25. The number of hydrogen-bond acceptors (Lipinski definition) is 1. The van der Waals surface area contributed by atoms with E-state index in [2.05, 4.69) is 26.0 Å². The van der Waals surface area contributed by atoms with Gasteiger partial charge in [-0.05, 0) is 66.6 Å². The number of hydrogen-bond donors (Lipinski definition) is 0. The van der Waals surface area contributed by atoms with Crippen molar-refractivity contribution < 1.29 is 8.78 Å². The molecule has 148 valence electrons. The highest BCUT2D eigenvalue weighted by Gasteiger charge is 2.16. The van der Waals surface area contributed by atoms with E-state index in [9.17, 15) is 8.78 Å². The number of halogens is 2. The summed E-state index contributed by atoms with van der Waals surface area (Å²) in [5, 5.41) is 0. The summed E-state index contributed by atoms with van der Waals surface area (Å²) < 4.78 is 29.6. The number of unbranched alkanes of at least 4 members (excludes halogenated alkanes) is 3. The Bertz CT molecular complexity index is 870. The largest absolute Gasteiger partial charge is 0.206 e. The highest BCUT2D eigenvalue weighted by molar-refractivity contribution is 7.15. The second-order valence-corrected chi connectivity index (χ2v) is 8.51. The first-order valence-electron chi connectivity index (χ1n) is 10.3. The number of rotatable bonds is 9. The molecule has 3 heteroatoms. The van der Waals surface area contributed by atoms with Crippen molar-refractivity contribution in [3.8, 4) is 21.6 Å². The fourth-order valence-corrected chi connectivity index (χ4v) is 4.51. The van der Waals surface area contributed by atoms with Gasteiger partial charge in [-0.3, -0.25) is 0 Å². The average Bonchev–Trinajstić information content (AvgIpc) is 3.15. The summed E-state index contributed by atoms with van der Waals surface area (Å²) in [6, 6.07) is 14.8. The first-order valence-corrected chi connectivity index (χ1v) is 11.1. The minimum absolute atomic E-state index is 0.0926. The minimum Gasteiger partial charge on any atom is -0.206 e. The monoisotopic (exact) mass is 398 g/mol. The van der Waals surface area contributed by atoms with Gasteiger partial charge in [-0.25, -0.2) is 8.78 Å². The summed E-state index contributed by atoms with van der Waals surface area (Å²) in [5.74, 6) is -0.987. The van der Waals surface area contributed by atoms with Crippen LogP contribution in [0.2, 0.25) is 0 Å². The molecule has 0 aliphatic heterocycles. The molecule has 0 saturated heterocycles. The predicted octanol–water partition coefficient (Wildman–Crippen LogP) is 8.44. The summed E-state index contributed by atoms with van der Waals surface area (Å²) in [6.45, 7) is 4.34. The van der Waals surface area contributed by atoms with Gasteiger partial charge in [0, 0.05) is 9.75 Å². The molecule has 0 saturated carbocycles. The Hall–Kier alpha value is -2.00. The van der Waals surface area contributed by atoms with E-state index in [-0.39, 0.29) is 5.56 Å². The maximum atomic E-state index is 14.8. The molecule has 1 aromatic heterocycles. The fourth-order valence-electron chi connectivity index (χ4n) is 3.42. The summed E-state index contributed by atoms with van der Waals surface area (Å²) in [7, 11) is 0. The van der Waals surface area contributed by atoms with Gasteiger partial charge >= 0.3 is 0 Å². The Morgan fingerprint density at radius 1 is 0.714 bits per heavy atom. The van der Waals surface area contributed by atoms with Crippen molar-refractivity contribution in [3.63, 3.8) is 0 Å². The molecule has 0 radical (unpaired) electrons. The van der Waals surface area contributed by atoms with Crippen molar-refractivity contribution in [1.82, 2.24) is 0 Å². The zero-order valence-electron chi connectivity index (χ0n) is 16.7. The van der Waals surface area contributed by atoms with Crippen molar-refractivity contribution in [2.75, 3.05) is 0 Å². The molecule has 28 heavy (non-hydrogen) atoms. The lowest BCUT2D eigenvalue weighted by molar-refractivity contribution is 0.591. The van der Waals surface area contributed by atoms with E-state index in [0.29, 0.717) is 10.4 Å². The average molecular weight is 399 g/mol. The van der Waals surface area contributed by atoms with Crippen molar-refractivity contribution in [3.05, 3.63) is 70.6 Å². The summed E-state index contributed by atoms with van der Waals surface area (Å²) in [5.41, 5.74) is 2.78. The Labute approximate surface area is 171 Å². The number of aryl methyl sites for hydroxylation is 2. The Balaban J connectivity index is 1.81. The number of thiophene rings is 1. The van der Waals surface area contributed by atoms with E-state index in [1.54, 1.807) is 0 Å². The van der Waals surface area contributed by atoms with Crippen molar-refractivity contribution >= 4 is 11.3 Å². The van der Waals surface area contributed by atoms with Crippen LogP contribution in [0.3, 0.4) is 0 Å². The Morgan fingerprint density at radius 3 is 2.04 bits per heavy atom. The van der Waals surface area contributed by atoms with Gasteiger partial charge in [0.15, 0.2) is 0 Å². The van der Waals surface area contributed by atoms with Gasteiger partial charge in [-0.1, -0.05) is 57.4 Å². The molecule has 0 bridgehead atoms. The second kappa shape index (κ2) is 9.97. The van der Waals surface area contributed by atoms with Crippen LogP contribution >= 0.6 is 11.3 Å². The van der Waals surface area contributed by atoms with Crippen LogP contribution in [-0.4, -0.2) is 0 Å². The third-order valence-electron chi connectivity index (χ3n) is 5.08. The topological polar surface area (TPSA) is 0 Å². The lowest BCUT2D eigenvalue weighted by Gasteiger charge is -2.08. The van der Waals surface area contributed by atoms with Crippen molar-refractivity contribution in [1.29, 1.82) is 0 Å². The van der Waals surface area contributed by atoms with Gasteiger partial charge < -0.3 is 0 Å². The smallest absolute Gasteiger partial charge is 0.135 e. The van der Waals surface area contributed by atoms with Crippen LogP contribution in [0.25, 0.3) is 21.6 Å². The van der Waals surface area contributed by atoms with E-state index in [0.717, 1.165) is 37.7 Å². The number of benzene rings is 2. The molecule has 0 nitrogen and oxygen atoms in total. The molecule has 3 rings (SSSR count). The maximum Gasteiger partial charge on any atom is 0.135 e. The normalized spacial score (nSPS) is 11.1. The molecular formula is C25H28F2S. The van der Waals surface area contributed by atoms with E-state index in [1.807, 2.05) is 24.3 Å². The van der Waals surface area contributed by atoms with Gasteiger partial charge in [0.25, 0.3) is 0 Å². The van der Waals surface area contributed by atoms with Crippen LogP contribution in [0.5, 0.6) is 0 Å². The van der Waals surface area contributed by atoms with Crippen LogP contribution in [0.15, 0.2) is 48.5 Å². The summed E-state index contributed by atoms with van der Waals surface area (Å²) in [6.07, 6.45) is 7.79. The molecule has 0 atom stereocenters. The van der Waals surface area contributed by atoms with Gasteiger partial charge in [0.1, 0.15) is 11.6 Å². The molecule has 0 aliphatic carbocycles. The summed E-state index contributed by atoms with van der Waals surface area (Å²) >= 11 is 1.50.